The van der Waals surface area contributed by atoms with Gasteiger partial charge in [0.05, 0.1) is 24.2 Å². The van der Waals surface area contributed by atoms with Crippen LogP contribution in [0.3, 0.4) is 0 Å². The fourth-order valence-electron chi connectivity index (χ4n) is 4.12. The van der Waals surface area contributed by atoms with E-state index in [9.17, 15) is 5.11 Å². The number of fused-ring (bicyclic) bond motifs is 1. The first-order valence-corrected chi connectivity index (χ1v) is 10.5. The summed E-state index contributed by atoms with van der Waals surface area (Å²) in [6, 6.07) is 16.8. The van der Waals surface area contributed by atoms with Crippen LogP contribution in [0.5, 0.6) is 5.75 Å². The summed E-state index contributed by atoms with van der Waals surface area (Å²) in [5.74, 6) is 1.92. The van der Waals surface area contributed by atoms with E-state index in [2.05, 4.69) is 33.0 Å². The van der Waals surface area contributed by atoms with Crippen molar-refractivity contribution in [3.05, 3.63) is 59.9 Å². The van der Waals surface area contributed by atoms with E-state index in [0.29, 0.717) is 12.6 Å². The first-order chi connectivity index (χ1) is 14.2. The Bertz CT molecular complexity index is 876. The van der Waals surface area contributed by atoms with Gasteiger partial charge in [0, 0.05) is 38.8 Å². The molecule has 1 atom stereocenters. The minimum atomic E-state index is 0.211. The van der Waals surface area contributed by atoms with E-state index in [0.717, 1.165) is 61.8 Å². The third-order valence-electron chi connectivity index (χ3n) is 5.58. The maximum absolute atomic E-state index is 9.59. The number of hydrogen-bond acceptors (Lipinski definition) is 5. The van der Waals surface area contributed by atoms with E-state index in [-0.39, 0.29) is 6.61 Å². The highest BCUT2D eigenvalue weighted by atomic mass is 16.5. The first-order valence-electron chi connectivity index (χ1n) is 10.5. The summed E-state index contributed by atoms with van der Waals surface area (Å²) in [4.78, 5) is 13.1. The fraction of sp³-hybridized carbons (Fsp3) is 0.435. The summed E-state index contributed by atoms with van der Waals surface area (Å²) in [5, 5.41) is 9.59. The Morgan fingerprint density at radius 1 is 1.10 bits per heavy atom. The number of nitrogens with zero attached hydrogens (tertiary/aromatic N) is 3. The average molecular weight is 395 g/mol. The summed E-state index contributed by atoms with van der Waals surface area (Å²) in [5.41, 5.74) is 3.38. The van der Waals surface area contributed by atoms with Gasteiger partial charge in [-0.15, -0.1) is 0 Å². The van der Waals surface area contributed by atoms with Crippen molar-refractivity contribution in [2.75, 3.05) is 32.8 Å². The summed E-state index contributed by atoms with van der Waals surface area (Å²) in [6.45, 7) is 7.53. The predicted octanol–water partition coefficient (Wildman–Crippen LogP) is 3.03. The van der Waals surface area contributed by atoms with Gasteiger partial charge in [-0.25, -0.2) is 4.98 Å². The van der Waals surface area contributed by atoms with Crippen molar-refractivity contribution in [1.29, 1.82) is 0 Å². The Balaban J connectivity index is 1.38. The molecule has 1 aliphatic heterocycles. The molecule has 6 nitrogen and oxygen atoms in total. The van der Waals surface area contributed by atoms with Crippen LogP contribution in [0.1, 0.15) is 24.7 Å². The van der Waals surface area contributed by atoms with Gasteiger partial charge in [-0.3, -0.25) is 9.80 Å². The summed E-state index contributed by atoms with van der Waals surface area (Å²) >= 11 is 0. The minimum Gasteiger partial charge on any atom is -0.494 e. The number of aromatic amines is 1. The maximum atomic E-state index is 9.59. The number of aromatic nitrogens is 2. The molecule has 1 saturated heterocycles. The molecule has 1 fully saturated rings. The van der Waals surface area contributed by atoms with Crippen LogP contribution in [0.25, 0.3) is 11.0 Å². The largest absolute Gasteiger partial charge is 0.494 e. The van der Waals surface area contributed by atoms with Crippen LogP contribution in [0.15, 0.2) is 48.5 Å². The smallest absolute Gasteiger partial charge is 0.121 e. The van der Waals surface area contributed by atoms with Crippen LogP contribution in [0, 0.1) is 0 Å². The number of nitrogens with one attached hydrogen (secondary N) is 1. The number of piperazine rings is 1. The van der Waals surface area contributed by atoms with Crippen molar-refractivity contribution < 1.29 is 9.84 Å². The van der Waals surface area contributed by atoms with Gasteiger partial charge in [-0.2, -0.15) is 0 Å². The number of rotatable bonds is 8. The predicted molar refractivity (Wildman–Crippen MR) is 115 cm³/mol. The quantitative estimate of drug-likeness (QED) is 0.615. The van der Waals surface area contributed by atoms with Crippen LogP contribution < -0.4 is 4.74 Å². The molecule has 0 saturated carbocycles. The zero-order chi connectivity index (χ0) is 20.1. The molecule has 29 heavy (non-hydrogen) atoms. The average Bonchev–Trinajstić information content (AvgIpc) is 3.14. The fourth-order valence-corrected chi connectivity index (χ4v) is 4.12. The number of aliphatic hydroxyl groups is 1. The summed E-state index contributed by atoms with van der Waals surface area (Å²) in [6.07, 6.45) is 0.785. The third-order valence-corrected chi connectivity index (χ3v) is 5.58. The van der Waals surface area contributed by atoms with Crippen molar-refractivity contribution in [3.8, 4) is 5.75 Å². The number of imidazole rings is 1. The topological polar surface area (TPSA) is 64.6 Å². The van der Waals surface area contributed by atoms with Gasteiger partial charge >= 0.3 is 0 Å². The third kappa shape index (κ3) is 4.96. The molecule has 2 N–H and O–H groups in total. The molecule has 3 aromatic rings. The van der Waals surface area contributed by atoms with Crippen molar-refractivity contribution in [2.24, 2.45) is 0 Å². The molecular formula is C23H30N4O2. The van der Waals surface area contributed by atoms with Crippen molar-refractivity contribution in [2.45, 2.75) is 32.5 Å². The van der Waals surface area contributed by atoms with Crippen molar-refractivity contribution >= 4 is 11.0 Å². The highest BCUT2D eigenvalue weighted by molar-refractivity contribution is 5.74. The van der Waals surface area contributed by atoms with Gasteiger partial charge in [-0.1, -0.05) is 24.3 Å². The van der Waals surface area contributed by atoms with Gasteiger partial charge in [0.25, 0.3) is 0 Å². The van der Waals surface area contributed by atoms with E-state index in [1.807, 2.05) is 37.3 Å². The lowest BCUT2D eigenvalue weighted by atomic mass is 10.1. The molecule has 4 rings (SSSR count). The molecule has 0 amide bonds. The van der Waals surface area contributed by atoms with Crippen LogP contribution in [-0.2, 0) is 13.1 Å². The SMILES string of the molecule is CCOc1ccc(CN2CCN(Cc3nc4ccccc4[nH]3)C[C@@H]2CCO)cc1. The highest BCUT2D eigenvalue weighted by Crippen LogP contribution is 2.20. The number of aliphatic hydroxyl groups excluding tert-OH is 1. The Morgan fingerprint density at radius 3 is 2.69 bits per heavy atom. The van der Waals surface area contributed by atoms with Crippen LogP contribution in [0.4, 0.5) is 0 Å². The Morgan fingerprint density at radius 2 is 1.93 bits per heavy atom. The van der Waals surface area contributed by atoms with E-state index in [1.165, 1.54) is 5.56 Å². The molecule has 2 heterocycles. The molecular weight excluding hydrogens is 364 g/mol. The van der Waals surface area contributed by atoms with Crippen LogP contribution in [-0.4, -0.2) is 63.8 Å². The number of hydrogen-bond donors (Lipinski definition) is 2. The summed E-state index contributed by atoms with van der Waals surface area (Å²) < 4.78 is 5.54. The molecule has 2 aromatic carbocycles. The van der Waals surface area contributed by atoms with Gasteiger partial charge in [-0.05, 0) is 43.2 Å². The second-order valence-corrected chi connectivity index (χ2v) is 7.65. The van der Waals surface area contributed by atoms with Gasteiger partial charge in [0.1, 0.15) is 11.6 Å². The number of benzene rings is 2. The molecule has 154 valence electrons. The number of para-hydroxylation sites is 2. The second kappa shape index (κ2) is 9.39. The molecule has 0 unspecified atom stereocenters. The lowest BCUT2D eigenvalue weighted by Crippen LogP contribution is -2.52. The van der Waals surface area contributed by atoms with E-state index in [4.69, 9.17) is 9.72 Å². The van der Waals surface area contributed by atoms with Gasteiger partial charge in [0.15, 0.2) is 0 Å². The molecule has 0 aliphatic carbocycles. The lowest BCUT2D eigenvalue weighted by Gasteiger charge is -2.41. The lowest BCUT2D eigenvalue weighted by molar-refractivity contribution is 0.0489. The van der Waals surface area contributed by atoms with Crippen LogP contribution in [0.2, 0.25) is 0 Å². The molecule has 1 aromatic heterocycles. The molecule has 0 spiro atoms. The van der Waals surface area contributed by atoms with Crippen LogP contribution >= 0.6 is 0 Å². The zero-order valence-electron chi connectivity index (χ0n) is 17.1. The number of H-pyrrole nitrogens is 1. The van der Waals surface area contributed by atoms with Gasteiger partial charge < -0.3 is 14.8 Å². The zero-order valence-corrected chi connectivity index (χ0v) is 17.1. The highest BCUT2D eigenvalue weighted by Gasteiger charge is 2.27. The molecule has 6 heteroatoms. The monoisotopic (exact) mass is 394 g/mol. The normalized spacial score (nSPS) is 18.3. The van der Waals surface area contributed by atoms with E-state index < -0.39 is 0 Å². The second-order valence-electron chi connectivity index (χ2n) is 7.65. The van der Waals surface area contributed by atoms with Crippen molar-refractivity contribution in [1.82, 2.24) is 19.8 Å². The number of ether oxygens (including phenoxy) is 1. The molecule has 1 aliphatic rings. The maximum Gasteiger partial charge on any atom is 0.121 e. The molecule has 0 bridgehead atoms. The van der Waals surface area contributed by atoms with Gasteiger partial charge in [0.2, 0.25) is 0 Å². The first kappa shape index (κ1) is 19.9. The Kier molecular flexibility index (Phi) is 6.44. The molecule has 0 radical (unpaired) electrons. The minimum absolute atomic E-state index is 0.211. The summed E-state index contributed by atoms with van der Waals surface area (Å²) in [7, 11) is 0. The standard InChI is InChI=1S/C23H30N4O2/c1-2-29-20-9-7-18(8-10-20)15-27-13-12-26(16-19(27)11-14-28)17-23-24-21-5-3-4-6-22(21)25-23/h3-10,19,28H,2,11-17H2,1H3,(H,24,25)/t19-/m0/s1. The Labute approximate surface area is 172 Å². The van der Waals surface area contributed by atoms with E-state index in [1.54, 1.807) is 0 Å². The Hall–Kier alpha value is -2.41. The van der Waals surface area contributed by atoms with E-state index >= 15 is 0 Å². The van der Waals surface area contributed by atoms with Crippen molar-refractivity contribution in [3.63, 3.8) is 0 Å².